The van der Waals surface area contributed by atoms with Gasteiger partial charge in [0.2, 0.25) is 0 Å². The first-order valence-corrected chi connectivity index (χ1v) is 5.87. The highest BCUT2D eigenvalue weighted by Gasteiger charge is 1.88. The molecule has 1 N–H and O–H groups in total. The van der Waals surface area contributed by atoms with Gasteiger partial charge in [-0.25, -0.2) is 4.79 Å². The molecule has 0 aromatic heterocycles. The average Bonchev–Trinajstić information content (AvgIpc) is 2.33. The fourth-order valence-corrected chi connectivity index (χ4v) is 1.51. The van der Waals surface area contributed by atoms with Crippen molar-refractivity contribution in [2.24, 2.45) is 0 Å². The summed E-state index contributed by atoms with van der Waals surface area (Å²) < 4.78 is 0. The lowest BCUT2D eigenvalue weighted by Crippen LogP contribution is -1.85. The van der Waals surface area contributed by atoms with Gasteiger partial charge in [0, 0.05) is 6.08 Å². The predicted octanol–water partition coefficient (Wildman–Crippen LogP) is 3.60. The van der Waals surface area contributed by atoms with Crippen LogP contribution in [-0.2, 0) is 11.2 Å². The number of allylic oxidation sites excluding steroid dienone is 3. The Morgan fingerprint density at radius 2 is 1.65 bits per heavy atom. The Bertz CT molecular complexity index is 377. The first kappa shape index (κ1) is 13.2. The molecule has 0 fully saturated rings. The standard InChI is InChI=1S/C15H18O2/c16-15(17)13-9-4-2-1-3-6-10-14-11-7-5-8-12-14/h1,3,5,7-9,11-13H,2,4,6,10H2,(H,16,17). The second-order valence-corrected chi connectivity index (χ2v) is 3.81. The smallest absolute Gasteiger partial charge is 0.327 e. The van der Waals surface area contributed by atoms with Gasteiger partial charge in [-0.2, -0.15) is 0 Å². The van der Waals surface area contributed by atoms with E-state index >= 15 is 0 Å². The second kappa shape index (κ2) is 8.34. The third-order valence-electron chi connectivity index (χ3n) is 2.37. The molecule has 0 unspecified atom stereocenters. The van der Waals surface area contributed by atoms with Gasteiger partial charge in [-0.3, -0.25) is 0 Å². The first-order chi connectivity index (χ1) is 8.29. The molecule has 0 amide bonds. The Morgan fingerprint density at radius 1 is 1.00 bits per heavy atom. The monoisotopic (exact) mass is 230 g/mol. The summed E-state index contributed by atoms with van der Waals surface area (Å²) in [6, 6.07) is 10.4. The van der Waals surface area contributed by atoms with Crippen molar-refractivity contribution in [2.45, 2.75) is 25.7 Å². The molecule has 17 heavy (non-hydrogen) atoms. The molecule has 1 aromatic carbocycles. The minimum atomic E-state index is -0.877. The molecule has 1 rings (SSSR count). The van der Waals surface area contributed by atoms with Crippen LogP contribution in [0, 0.1) is 0 Å². The van der Waals surface area contributed by atoms with Gasteiger partial charge in [0.15, 0.2) is 0 Å². The molecular formula is C15H18O2. The molecule has 2 heteroatoms. The van der Waals surface area contributed by atoms with Gasteiger partial charge in [0.1, 0.15) is 0 Å². The Balaban J connectivity index is 2.09. The lowest BCUT2D eigenvalue weighted by atomic mass is 10.1. The second-order valence-electron chi connectivity index (χ2n) is 3.81. The normalized spacial score (nSPS) is 11.3. The lowest BCUT2D eigenvalue weighted by Gasteiger charge is -1.96. The number of carboxylic acids is 1. The molecule has 0 radical (unpaired) electrons. The van der Waals surface area contributed by atoms with Crippen molar-refractivity contribution < 1.29 is 9.90 Å². The molecule has 0 aliphatic rings. The Hall–Kier alpha value is -1.83. The van der Waals surface area contributed by atoms with Crippen molar-refractivity contribution in [3.8, 4) is 0 Å². The molecule has 0 saturated carbocycles. The molecule has 0 aliphatic carbocycles. The molecule has 2 nitrogen and oxygen atoms in total. The summed E-state index contributed by atoms with van der Waals surface area (Å²) in [5.41, 5.74) is 1.35. The average molecular weight is 230 g/mol. The van der Waals surface area contributed by atoms with E-state index in [0.29, 0.717) is 0 Å². The number of benzene rings is 1. The summed E-state index contributed by atoms with van der Waals surface area (Å²) in [6.07, 6.45) is 10.9. The third kappa shape index (κ3) is 7.12. The van der Waals surface area contributed by atoms with Crippen LogP contribution in [0.5, 0.6) is 0 Å². The van der Waals surface area contributed by atoms with Gasteiger partial charge in [0.25, 0.3) is 0 Å². The van der Waals surface area contributed by atoms with Crippen molar-refractivity contribution in [1.82, 2.24) is 0 Å². The number of aryl methyl sites for hydroxylation is 1. The molecular weight excluding hydrogens is 212 g/mol. The Kier molecular flexibility index (Phi) is 6.49. The van der Waals surface area contributed by atoms with E-state index in [0.717, 1.165) is 25.7 Å². The van der Waals surface area contributed by atoms with Crippen molar-refractivity contribution in [3.05, 3.63) is 60.2 Å². The maximum absolute atomic E-state index is 10.2. The molecule has 0 atom stereocenters. The summed E-state index contributed by atoms with van der Waals surface area (Å²) in [4.78, 5) is 10.2. The fraction of sp³-hybridized carbons (Fsp3) is 0.267. The van der Waals surface area contributed by atoms with Gasteiger partial charge in [-0.15, -0.1) is 0 Å². The summed E-state index contributed by atoms with van der Waals surface area (Å²) in [6.45, 7) is 0. The van der Waals surface area contributed by atoms with Gasteiger partial charge >= 0.3 is 5.97 Å². The highest BCUT2D eigenvalue weighted by molar-refractivity contribution is 5.79. The Labute approximate surface area is 102 Å². The molecule has 90 valence electrons. The van der Waals surface area contributed by atoms with E-state index in [2.05, 4.69) is 36.4 Å². The van der Waals surface area contributed by atoms with E-state index < -0.39 is 5.97 Å². The molecule has 0 saturated heterocycles. The number of aliphatic carboxylic acids is 1. The highest BCUT2D eigenvalue weighted by Crippen LogP contribution is 2.03. The van der Waals surface area contributed by atoms with Crippen LogP contribution in [0.3, 0.4) is 0 Å². The van der Waals surface area contributed by atoms with E-state index in [9.17, 15) is 4.79 Å². The minimum Gasteiger partial charge on any atom is -0.478 e. The van der Waals surface area contributed by atoms with Crippen LogP contribution < -0.4 is 0 Å². The van der Waals surface area contributed by atoms with Crippen LogP contribution in [0.2, 0.25) is 0 Å². The van der Waals surface area contributed by atoms with Crippen molar-refractivity contribution in [2.75, 3.05) is 0 Å². The summed E-state index contributed by atoms with van der Waals surface area (Å²) in [5.74, 6) is -0.877. The number of carbonyl (C=O) groups is 1. The fourth-order valence-electron chi connectivity index (χ4n) is 1.51. The Morgan fingerprint density at radius 3 is 2.35 bits per heavy atom. The summed E-state index contributed by atoms with van der Waals surface area (Å²) >= 11 is 0. The van der Waals surface area contributed by atoms with Crippen LogP contribution >= 0.6 is 0 Å². The van der Waals surface area contributed by atoms with Crippen LogP contribution in [0.4, 0.5) is 0 Å². The van der Waals surface area contributed by atoms with E-state index in [1.54, 1.807) is 6.08 Å². The molecule has 0 spiro atoms. The number of hydrogen-bond acceptors (Lipinski definition) is 1. The number of rotatable bonds is 7. The van der Waals surface area contributed by atoms with Crippen LogP contribution in [0.25, 0.3) is 0 Å². The zero-order valence-electron chi connectivity index (χ0n) is 9.88. The van der Waals surface area contributed by atoms with E-state index in [1.165, 1.54) is 11.6 Å². The molecule has 1 aromatic rings. The zero-order chi connectivity index (χ0) is 12.3. The van der Waals surface area contributed by atoms with Crippen LogP contribution in [0.1, 0.15) is 24.8 Å². The summed E-state index contributed by atoms with van der Waals surface area (Å²) in [5, 5.41) is 8.38. The zero-order valence-corrected chi connectivity index (χ0v) is 9.88. The topological polar surface area (TPSA) is 37.3 Å². The van der Waals surface area contributed by atoms with Gasteiger partial charge < -0.3 is 5.11 Å². The van der Waals surface area contributed by atoms with Crippen molar-refractivity contribution in [3.63, 3.8) is 0 Å². The molecule has 0 bridgehead atoms. The molecule has 0 heterocycles. The van der Waals surface area contributed by atoms with Crippen molar-refractivity contribution in [1.29, 1.82) is 0 Å². The first-order valence-electron chi connectivity index (χ1n) is 5.87. The third-order valence-corrected chi connectivity index (χ3v) is 2.37. The van der Waals surface area contributed by atoms with Crippen LogP contribution in [-0.4, -0.2) is 11.1 Å². The highest BCUT2D eigenvalue weighted by atomic mass is 16.4. The summed E-state index contributed by atoms with van der Waals surface area (Å²) in [7, 11) is 0. The van der Waals surface area contributed by atoms with E-state index in [4.69, 9.17) is 5.11 Å². The van der Waals surface area contributed by atoms with Gasteiger partial charge in [0.05, 0.1) is 0 Å². The van der Waals surface area contributed by atoms with Gasteiger partial charge in [-0.05, 0) is 31.2 Å². The van der Waals surface area contributed by atoms with E-state index in [-0.39, 0.29) is 0 Å². The predicted molar refractivity (Wildman–Crippen MR) is 69.9 cm³/mol. The SMILES string of the molecule is O=C(O)C=CCCC=CCCc1ccccc1. The number of carboxylic acid groups (broad SMARTS) is 1. The lowest BCUT2D eigenvalue weighted by molar-refractivity contribution is -0.131. The maximum Gasteiger partial charge on any atom is 0.327 e. The largest absolute Gasteiger partial charge is 0.478 e. The minimum absolute atomic E-state index is 0.786. The van der Waals surface area contributed by atoms with Crippen LogP contribution in [0.15, 0.2) is 54.6 Å². The number of hydrogen-bond donors (Lipinski definition) is 1. The quantitative estimate of drug-likeness (QED) is 0.441. The maximum atomic E-state index is 10.2. The van der Waals surface area contributed by atoms with E-state index in [1.807, 2.05) is 6.07 Å². The van der Waals surface area contributed by atoms with Gasteiger partial charge in [-0.1, -0.05) is 48.6 Å². The molecule has 0 aliphatic heterocycles. The number of unbranched alkanes of at least 4 members (excludes halogenated alkanes) is 1. The van der Waals surface area contributed by atoms with Crippen molar-refractivity contribution >= 4 is 5.97 Å².